The number of aromatic nitrogens is 2. The molecule has 4 rings (SSSR count). The van der Waals surface area contributed by atoms with Crippen LogP contribution in [0.2, 0.25) is 0 Å². The fourth-order valence-corrected chi connectivity index (χ4v) is 4.05. The number of H-pyrrole nitrogens is 1. The number of rotatable bonds is 8. The first-order valence-electron chi connectivity index (χ1n) is 10.5. The van der Waals surface area contributed by atoms with Crippen LogP contribution in [0.4, 0.5) is 0 Å². The molecule has 0 aliphatic carbocycles. The molecule has 0 aliphatic rings. The topological polar surface area (TPSA) is 57.8 Å². The molecule has 0 spiro atoms. The highest BCUT2D eigenvalue weighted by Gasteiger charge is 2.21. The number of carbonyl (C=O) groups excluding carboxylic acids is 1. The highest BCUT2D eigenvalue weighted by Crippen LogP contribution is 2.32. The van der Waals surface area contributed by atoms with Crippen molar-refractivity contribution in [1.82, 2.24) is 15.3 Å². The lowest BCUT2D eigenvalue weighted by molar-refractivity contribution is -0.121. The number of nitrogens with one attached hydrogen (secondary N) is 2. The maximum atomic E-state index is 12.8. The number of aromatic amines is 1. The second kappa shape index (κ2) is 9.40. The third-order valence-corrected chi connectivity index (χ3v) is 5.60. The second-order valence-electron chi connectivity index (χ2n) is 7.63. The highest BCUT2D eigenvalue weighted by molar-refractivity contribution is 5.87. The lowest BCUT2D eigenvalue weighted by Gasteiger charge is -2.17. The van der Waals surface area contributed by atoms with Gasteiger partial charge in [0.05, 0.1) is 12.2 Å². The summed E-state index contributed by atoms with van der Waals surface area (Å²) in [6.07, 6.45) is 6.07. The number of aryl methyl sites for hydroxylation is 1. The van der Waals surface area contributed by atoms with Crippen molar-refractivity contribution in [2.24, 2.45) is 0 Å². The number of benzene rings is 2. The minimum atomic E-state index is 0.0441. The number of hydrogen-bond acceptors (Lipinski definition) is 2. The van der Waals surface area contributed by atoms with Crippen LogP contribution in [0.3, 0.4) is 0 Å². The first kappa shape index (κ1) is 19.9. The van der Waals surface area contributed by atoms with Crippen LogP contribution in [0.15, 0.2) is 79.1 Å². The van der Waals surface area contributed by atoms with Gasteiger partial charge in [0.1, 0.15) is 0 Å². The SMILES string of the molecule is CCc1cccc2c(C(CC(=O)NCc3ccccn3)Cc3ccccc3)c[nH]c12. The van der Waals surface area contributed by atoms with Crippen LogP contribution in [0.1, 0.15) is 41.6 Å². The molecule has 152 valence electrons. The number of pyridine rings is 1. The summed E-state index contributed by atoms with van der Waals surface area (Å²) in [5.41, 5.74) is 5.79. The van der Waals surface area contributed by atoms with Crippen LogP contribution in [0.5, 0.6) is 0 Å². The van der Waals surface area contributed by atoms with E-state index in [0.717, 1.165) is 18.5 Å². The Labute approximate surface area is 177 Å². The van der Waals surface area contributed by atoms with E-state index in [1.807, 2.05) is 24.3 Å². The Morgan fingerprint density at radius 3 is 2.63 bits per heavy atom. The maximum Gasteiger partial charge on any atom is 0.220 e. The van der Waals surface area contributed by atoms with Crippen molar-refractivity contribution in [1.29, 1.82) is 0 Å². The summed E-state index contributed by atoms with van der Waals surface area (Å²) >= 11 is 0. The number of hydrogen-bond donors (Lipinski definition) is 2. The van der Waals surface area contributed by atoms with Gasteiger partial charge in [-0.2, -0.15) is 0 Å². The van der Waals surface area contributed by atoms with Gasteiger partial charge in [0.15, 0.2) is 0 Å². The molecule has 4 nitrogen and oxygen atoms in total. The average Bonchev–Trinajstić information content (AvgIpc) is 3.23. The molecule has 2 aromatic carbocycles. The Morgan fingerprint density at radius 2 is 1.87 bits per heavy atom. The van der Waals surface area contributed by atoms with Gasteiger partial charge in [0.25, 0.3) is 0 Å². The van der Waals surface area contributed by atoms with Crippen molar-refractivity contribution >= 4 is 16.8 Å². The fourth-order valence-electron chi connectivity index (χ4n) is 4.05. The van der Waals surface area contributed by atoms with Gasteiger partial charge in [-0.3, -0.25) is 9.78 Å². The zero-order valence-corrected chi connectivity index (χ0v) is 17.3. The summed E-state index contributed by atoms with van der Waals surface area (Å²) in [5.74, 6) is 0.138. The number of nitrogens with zero attached hydrogens (tertiary/aromatic N) is 1. The average molecular weight is 398 g/mol. The molecule has 1 atom stereocenters. The Bertz CT molecular complexity index is 1100. The molecule has 0 aliphatic heterocycles. The Hall–Kier alpha value is -3.40. The molecule has 0 saturated heterocycles. The third-order valence-electron chi connectivity index (χ3n) is 5.60. The van der Waals surface area contributed by atoms with Crippen molar-refractivity contribution in [2.75, 3.05) is 0 Å². The molecule has 2 aromatic heterocycles. The van der Waals surface area contributed by atoms with E-state index >= 15 is 0 Å². The first-order chi connectivity index (χ1) is 14.7. The van der Waals surface area contributed by atoms with Crippen molar-refractivity contribution < 1.29 is 4.79 Å². The van der Waals surface area contributed by atoms with E-state index in [0.29, 0.717) is 13.0 Å². The number of fused-ring (bicyclic) bond motifs is 1. The molecule has 2 heterocycles. The minimum Gasteiger partial charge on any atom is -0.361 e. The Balaban J connectivity index is 1.58. The molecule has 4 heteroatoms. The molecule has 0 fully saturated rings. The summed E-state index contributed by atoms with van der Waals surface area (Å²) in [7, 11) is 0. The van der Waals surface area contributed by atoms with Crippen LogP contribution in [0.25, 0.3) is 10.9 Å². The van der Waals surface area contributed by atoms with Crippen LogP contribution < -0.4 is 5.32 Å². The molecule has 4 aromatic rings. The molecule has 0 bridgehead atoms. The van der Waals surface area contributed by atoms with E-state index in [9.17, 15) is 4.79 Å². The number of amides is 1. The summed E-state index contributed by atoms with van der Waals surface area (Å²) in [4.78, 5) is 20.6. The van der Waals surface area contributed by atoms with Gasteiger partial charge in [-0.1, -0.05) is 61.5 Å². The van der Waals surface area contributed by atoms with E-state index in [1.165, 1.54) is 27.6 Å². The van der Waals surface area contributed by atoms with Crippen LogP contribution in [0, 0.1) is 0 Å². The predicted octanol–water partition coefficient (Wildman–Crippen LogP) is 5.16. The van der Waals surface area contributed by atoms with Crippen LogP contribution in [-0.4, -0.2) is 15.9 Å². The summed E-state index contributed by atoms with van der Waals surface area (Å²) < 4.78 is 0. The molecule has 2 N–H and O–H groups in total. The molecule has 1 unspecified atom stereocenters. The normalized spacial score (nSPS) is 12.0. The summed E-state index contributed by atoms with van der Waals surface area (Å²) in [5, 5.41) is 4.25. The molecule has 30 heavy (non-hydrogen) atoms. The standard InChI is InChI=1S/C26H27N3O/c1-2-20-11-8-13-23-24(18-29-26(20)23)21(15-19-9-4-3-5-10-19)16-25(30)28-17-22-12-6-7-14-27-22/h3-14,18,21,29H,2,15-17H2,1H3,(H,28,30). The summed E-state index contributed by atoms with van der Waals surface area (Å²) in [6.45, 7) is 2.62. The van der Waals surface area contributed by atoms with Crippen molar-refractivity contribution in [3.05, 3.63) is 102 Å². The summed E-state index contributed by atoms with van der Waals surface area (Å²) in [6, 6.07) is 22.6. The van der Waals surface area contributed by atoms with Gasteiger partial charge < -0.3 is 10.3 Å². The van der Waals surface area contributed by atoms with E-state index in [4.69, 9.17) is 0 Å². The van der Waals surface area contributed by atoms with Gasteiger partial charge in [-0.05, 0) is 47.6 Å². The molecule has 0 saturated carbocycles. The van der Waals surface area contributed by atoms with Gasteiger partial charge in [0.2, 0.25) is 5.91 Å². The Kier molecular flexibility index (Phi) is 6.23. The van der Waals surface area contributed by atoms with Gasteiger partial charge >= 0.3 is 0 Å². The van der Waals surface area contributed by atoms with E-state index in [1.54, 1.807) is 6.20 Å². The predicted molar refractivity (Wildman–Crippen MR) is 121 cm³/mol. The van der Waals surface area contributed by atoms with Crippen molar-refractivity contribution in [3.63, 3.8) is 0 Å². The van der Waals surface area contributed by atoms with Gasteiger partial charge in [-0.25, -0.2) is 0 Å². The number of para-hydroxylation sites is 1. The maximum absolute atomic E-state index is 12.8. The lowest BCUT2D eigenvalue weighted by atomic mass is 9.88. The quantitative estimate of drug-likeness (QED) is 0.431. The molecule has 0 radical (unpaired) electrons. The molecular formula is C26H27N3O. The zero-order chi connectivity index (χ0) is 20.8. The van der Waals surface area contributed by atoms with Crippen LogP contribution in [-0.2, 0) is 24.2 Å². The fraction of sp³-hybridized carbons (Fsp3) is 0.231. The van der Waals surface area contributed by atoms with E-state index in [-0.39, 0.29) is 11.8 Å². The zero-order valence-electron chi connectivity index (χ0n) is 17.3. The number of carbonyl (C=O) groups is 1. The van der Waals surface area contributed by atoms with Gasteiger partial charge in [0, 0.05) is 29.7 Å². The minimum absolute atomic E-state index is 0.0441. The van der Waals surface area contributed by atoms with Crippen LogP contribution >= 0.6 is 0 Å². The Morgan fingerprint density at radius 1 is 1.03 bits per heavy atom. The molecular weight excluding hydrogens is 370 g/mol. The van der Waals surface area contributed by atoms with E-state index < -0.39 is 0 Å². The largest absolute Gasteiger partial charge is 0.361 e. The molecule has 1 amide bonds. The second-order valence-corrected chi connectivity index (χ2v) is 7.63. The van der Waals surface area contributed by atoms with Crippen molar-refractivity contribution in [2.45, 2.75) is 38.6 Å². The third kappa shape index (κ3) is 4.60. The smallest absolute Gasteiger partial charge is 0.220 e. The monoisotopic (exact) mass is 397 g/mol. The highest BCUT2D eigenvalue weighted by atomic mass is 16.1. The lowest BCUT2D eigenvalue weighted by Crippen LogP contribution is -2.25. The van der Waals surface area contributed by atoms with E-state index in [2.05, 4.69) is 70.9 Å². The van der Waals surface area contributed by atoms with Crippen molar-refractivity contribution in [3.8, 4) is 0 Å². The van der Waals surface area contributed by atoms with Gasteiger partial charge in [-0.15, -0.1) is 0 Å². The first-order valence-corrected chi connectivity index (χ1v) is 10.5.